The van der Waals surface area contributed by atoms with Gasteiger partial charge in [0, 0.05) is 26.2 Å². The van der Waals surface area contributed by atoms with Crippen molar-refractivity contribution in [2.75, 3.05) is 13.1 Å². The molecular formula is C23H31N3O3. The average Bonchev–Trinajstić information content (AvgIpc) is 3.21. The van der Waals surface area contributed by atoms with Crippen LogP contribution in [0.2, 0.25) is 0 Å². The molecule has 1 aliphatic rings. The number of nitrogens with one attached hydrogen (secondary N) is 2. The van der Waals surface area contributed by atoms with E-state index in [2.05, 4.69) is 53.6 Å². The van der Waals surface area contributed by atoms with E-state index in [1.165, 1.54) is 24.5 Å². The minimum Gasteiger partial charge on any atom is -0.472 e. The number of hydrogen-bond acceptors (Lipinski definition) is 4. The molecule has 6 nitrogen and oxygen atoms in total. The number of likely N-dealkylation sites (tertiary alicyclic amines) is 1. The van der Waals surface area contributed by atoms with Crippen molar-refractivity contribution in [2.45, 2.75) is 46.3 Å². The van der Waals surface area contributed by atoms with Gasteiger partial charge in [0.1, 0.15) is 12.3 Å². The van der Waals surface area contributed by atoms with Crippen LogP contribution < -0.4 is 10.6 Å². The normalized spacial score (nSPS) is 20.8. The van der Waals surface area contributed by atoms with Crippen LogP contribution in [0, 0.1) is 11.8 Å². The molecular weight excluding hydrogens is 366 g/mol. The summed E-state index contributed by atoms with van der Waals surface area (Å²) in [5, 5.41) is 5.54. The number of carbonyl (C=O) groups is 2. The summed E-state index contributed by atoms with van der Waals surface area (Å²) in [4.78, 5) is 26.8. The number of nitrogens with zero attached hydrogens (tertiary/aromatic N) is 1. The molecule has 0 saturated carbocycles. The number of rotatable bonds is 7. The molecule has 0 radical (unpaired) electrons. The quantitative estimate of drug-likeness (QED) is 0.752. The topological polar surface area (TPSA) is 74.6 Å². The van der Waals surface area contributed by atoms with Crippen LogP contribution in [0.25, 0.3) is 0 Å². The van der Waals surface area contributed by atoms with Crippen molar-refractivity contribution < 1.29 is 14.0 Å². The molecule has 0 bridgehead atoms. The zero-order chi connectivity index (χ0) is 20.8. The van der Waals surface area contributed by atoms with Gasteiger partial charge >= 0.3 is 0 Å². The van der Waals surface area contributed by atoms with Crippen LogP contribution in [0.15, 0.2) is 47.3 Å². The molecule has 6 heteroatoms. The fraction of sp³-hybridized carbons (Fsp3) is 0.478. The third-order valence-electron chi connectivity index (χ3n) is 5.36. The average molecular weight is 398 g/mol. The first-order valence-electron chi connectivity index (χ1n) is 10.3. The lowest BCUT2D eigenvalue weighted by molar-refractivity contribution is -0.122. The molecule has 1 fully saturated rings. The molecule has 2 heterocycles. The Balaban J connectivity index is 1.44. The maximum absolute atomic E-state index is 12.3. The van der Waals surface area contributed by atoms with Crippen LogP contribution in [-0.4, -0.2) is 35.8 Å². The number of benzene rings is 1. The van der Waals surface area contributed by atoms with E-state index in [4.69, 9.17) is 4.42 Å². The first-order valence-corrected chi connectivity index (χ1v) is 10.3. The molecule has 1 aliphatic heterocycles. The van der Waals surface area contributed by atoms with E-state index in [9.17, 15) is 9.59 Å². The van der Waals surface area contributed by atoms with Gasteiger partial charge in [0.05, 0.1) is 11.8 Å². The van der Waals surface area contributed by atoms with Gasteiger partial charge in [-0.05, 0) is 42.4 Å². The zero-order valence-corrected chi connectivity index (χ0v) is 17.5. The fourth-order valence-corrected chi connectivity index (χ4v) is 4.02. The van der Waals surface area contributed by atoms with E-state index in [1.807, 2.05) is 0 Å². The first-order chi connectivity index (χ1) is 13.9. The number of amides is 2. The number of piperidine rings is 1. The highest BCUT2D eigenvalue weighted by molar-refractivity contribution is 5.97. The highest BCUT2D eigenvalue weighted by atomic mass is 16.3. The van der Waals surface area contributed by atoms with Gasteiger partial charge in [0.15, 0.2) is 0 Å². The molecule has 2 amide bonds. The summed E-state index contributed by atoms with van der Waals surface area (Å²) in [6.07, 6.45) is 4.10. The lowest BCUT2D eigenvalue weighted by atomic mass is 9.91. The molecule has 3 atom stereocenters. The lowest BCUT2D eigenvalue weighted by Crippen LogP contribution is -2.44. The van der Waals surface area contributed by atoms with E-state index < -0.39 is 6.04 Å². The second-order valence-corrected chi connectivity index (χ2v) is 8.38. The molecule has 0 aliphatic carbocycles. The number of furan rings is 1. The third kappa shape index (κ3) is 6.19. The van der Waals surface area contributed by atoms with Gasteiger partial charge in [-0.2, -0.15) is 0 Å². The monoisotopic (exact) mass is 397 g/mol. The van der Waals surface area contributed by atoms with Crippen LogP contribution in [-0.2, 0) is 17.9 Å². The van der Waals surface area contributed by atoms with E-state index in [1.54, 1.807) is 13.0 Å². The van der Waals surface area contributed by atoms with E-state index >= 15 is 0 Å². The maximum atomic E-state index is 12.3. The van der Waals surface area contributed by atoms with Gasteiger partial charge in [0.25, 0.3) is 5.91 Å². The minimum atomic E-state index is -0.625. The van der Waals surface area contributed by atoms with Gasteiger partial charge in [-0.1, -0.05) is 38.1 Å². The van der Waals surface area contributed by atoms with Gasteiger partial charge < -0.3 is 15.1 Å². The van der Waals surface area contributed by atoms with Crippen molar-refractivity contribution in [1.82, 2.24) is 15.5 Å². The van der Waals surface area contributed by atoms with Crippen molar-refractivity contribution in [3.8, 4) is 0 Å². The molecule has 1 aromatic carbocycles. The molecule has 156 valence electrons. The van der Waals surface area contributed by atoms with Crippen molar-refractivity contribution >= 4 is 11.8 Å². The molecule has 1 aromatic heterocycles. The van der Waals surface area contributed by atoms with E-state index in [-0.39, 0.29) is 11.8 Å². The van der Waals surface area contributed by atoms with Crippen LogP contribution >= 0.6 is 0 Å². The molecule has 29 heavy (non-hydrogen) atoms. The predicted molar refractivity (Wildman–Crippen MR) is 112 cm³/mol. The van der Waals surface area contributed by atoms with Gasteiger partial charge in [-0.25, -0.2) is 0 Å². The van der Waals surface area contributed by atoms with Crippen LogP contribution in [0.5, 0.6) is 0 Å². The lowest BCUT2D eigenvalue weighted by Gasteiger charge is -2.35. The van der Waals surface area contributed by atoms with Crippen LogP contribution in [0.1, 0.15) is 48.7 Å². The van der Waals surface area contributed by atoms with Gasteiger partial charge in [-0.3, -0.25) is 14.5 Å². The van der Waals surface area contributed by atoms with Crippen molar-refractivity contribution in [1.29, 1.82) is 0 Å². The Morgan fingerprint density at radius 3 is 2.38 bits per heavy atom. The number of hydrogen-bond donors (Lipinski definition) is 2. The molecule has 0 spiro atoms. The van der Waals surface area contributed by atoms with E-state index in [0.29, 0.717) is 12.1 Å². The Bertz CT molecular complexity index is 791. The number of carbonyl (C=O) groups excluding carboxylic acids is 2. The van der Waals surface area contributed by atoms with Crippen molar-refractivity contribution in [3.05, 3.63) is 59.5 Å². The standard InChI is InChI=1S/C23H31N3O3/c1-16-10-17(2)13-26(12-16)14-20-6-4-19(5-7-20)11-24-22(27)18(3)25-23(28)21-8-9-29-15-21/h4-9,15-18H,10-14H2,1-3H3,(H,24,27)(H,25,28). The zero-order valence-electron chi connectivity index (χ0n) is 17.5. The fourth-order valence-electron chi connectivity index (χ4n) is 4.02. The van der Waals surface area contributed by atoms with Crippen molar-refractivity contribution in [2.24, 2.45) is 11.8 Å². The smallest absolute Gasteiger partial charge is 0.255 e. The minimum absolute atomic E-state index is 0.220. The first kappa shape index (κ1) is 21.1. The predicted octanol–water partition coefficient (Wildman–Crippen LogP) is 3.19. The summed E-state index contributed by atoms with van der Waals surface area (Å²) in [7, 11) is 0. The Kier molecular flexibility index (Phi) is 7.09. The highest BCUT2D eigenvalue weighted by Gasteiger charge is 2.21. The summed E-state index contributed by atoms with van der Waals surface area (Å²) < 4.78 is 4.89. The second kappa shape index (κ2) is 9.74. The molecule has 1 saturated heterocycles. The summed E-state index contributed by atoms with van der Waals surface area (Å²) in [5.41, 5.74) is 2.73. The summed E-state index contributed by atoms with van der Waals surface area (Å²) in [6, 6.07) is 9.32. The molecule has 3 rings (SSSR count). The molecule has 2 N–H and O–H groups in total. The Labute approximate surface area is 172 Å². The largest absolute Gasteiger partial charge is 0.472 e. The van der Waals surface area contributed by atoms with Gasteiger partial charge in [-0.15, -0.1) is 0 Å². The van der Waals surface area contributed by atoms with E-state index in [0.717, 1.165) is 37.0 Å². The summed E-state index contributed by atoms with van der Waals surface area (Å²) >= 11 is 0. The SMILES string of the molecule is CC1CC(C)CN(Cc2ccc(CNC(=O)C(C)NC(=O)c3ccoc3)cc2)C1. The summed E-state index contributed by atoms with van der Waals surface area (Å²) in [6.45, 7) is 10.0. The third-order valence-corrected chi connectivity index (χ3v) is 5.36. The molecule has 2 aromatic rings. The van der Waals surface area contributed by atoms with Crippen LogP contribution in [0.3, 0.4) is 0 Å². The highest BCUT2D eigenvalue weighted by Crippen LogP contribution is 2.22. The molecule has 3 unspecified atom stereocenters. The second-order valence-electron chi connectivity index (χ2n) is 8.38. The Morgan fingerprint density at radius 1 is 1.10 bits per heavy atom. The Hall–Kier alpha value is -2.60. The van der Waals surface area contributed by atoms with Crippen molar-refractivity contribution in [3.63, 3.8) is 0 Å². The van der Waals surface area contributed by atoms with Crippen LogP contribution in [0.4, 0.5) is 0 Å². The maximum Gasteiger partial charge on any atom is 0.255 e. The summed E-state index contributed by atoms with van der Waals surface area (Å²) in [5.74, 6) is 0.961. The Morgan fingerprint density at radius 2 is 1.76 bits per heavy atom. The van der Waals surface area contributed by atoms with Gasteiger partial charge in [0.2, 0.25) is 5.91 Å².